The molecular weight excluding hydrogens is 260 g/mol. The monoisotopic (exact) mass is 276 g/mol. The van der Waals surface area contributed by atoms with Gasteiger partial charge in [0.2, 0.25) is 0 Å². The average molecular weight is 276 g/mol. The number of carbonyl (C=O) groups excluding carboxylic acids is 1. The van der Waals surface area contributed by atoms with Crippen LogP contribution in [0.1, 0.15) is 29.1 Å². The largest absolute Gasteiger partial charge is 0.462 e. The van der Waals surface area contributed by atoms with Gasteiger partial charge in [-0.2, -0.15) is 0 Å². The number of hydrogen-bond donors (Lipinski definition) is 1. The fourth-order valence-corrected chi connectivity index (χ4v) is 2.51. The summed E-state index contributed by atoms with van der Waals surface area (Å²) in [5.74, 6) is -0.369. The summed E-state index contributed by atoms with van der Waals surface area (Å²) in [4.78, 5) is 16.6. The van der Waals surface area contributed by atoms with Crippen LogP contribution in [-0.4, -0.2) is 17.6 Å². The number of carbonyl (C=O) groups is 1. The molecule has 0 atom stereocenters. The minimum absolute atomic E-state index is 0.338. The molecule has 1 aromatic heterocycles. The van der Waals surface area contributed by atoms with Crippen LogP contribution in [0, 0.1) is 0 Å². The summed E-state index contributed by atoms with van der Waals surface area (Å²) in [5, 5.41) is 0.373. The number of nitrogens with two attached hydrogens (primary N) is 1. The van der Waals surface area contributed by atoms with E-state index in [1.807, 2.05) is 24.3 Å². The van der Waals surface area contributed by atoms with Gasteiger partial charge in [0.25, 0.3) is 0 Å². The van der Waals surface area contributed by atoms with Crippen molar-refractivity contribution in [2.45, 2.75) is 20.3 Å². The van der Waals surface area contributed by atoms with E-state index in [9.17, 15) is 4.79 Å². The Hall–Kier alpha value is -1.88. The van der Waals surface area contributed by atoms with Gasteiger partial charge in [-0.25, -0.2) is 9.78 Å². The van der Waals surface area contributed by atoms with E-state index in [-0.39, 0.29) is 5.97 Å². The highest BCUT2D eigenvalue weighted by Crippen LogP contribution is 2.30. The second-order valence-corrected chi connectivity index (χ2v) is 5.03. The topological polar surface area (TPSA) is 65.2 Å². The summed E-state index contributed by atoms with van der Waals surface area (Å²) in [7, 11) is 0. The van der Waals surface area contributed by atoms with Gasteiger partial charge in [0, 0.05) is 5.56 Å². The van der Waals surface area contributed by atoms with Crippen molar-refractivity contribution in [3.05, 3.63) is 34.7 Å². The molecule has 0 fully saturated rings. The molecule has 0 unspecified atom stereocenters. The van der Waals surface area contributed by atoms with Crippen molar-refractivity contribution < 1.29 is 9.53 Å². The van der Waals surface area contributed by atoms with E-state index in [2.05, 4.69) is 11.9 Å². The molecular formula is C14H16N2O2S. The molecule has 0 aliphatic heterocycles. The molecule has 2 aromatic rings. The number of aryl methyl sites for hydroxylation is 1. The molecule has 19 heavy (non-hydrogen) atoms. The summed E-state index contributed by atoms with van der Waals surface area (Å²) < 4.78 is 5.02. The summed E-state index contributed by atoms with van der Waals surface area (Å²) in [6.45, 7) is 4.21. The van der Waals surface area contributed by atoms with Crippen molar-refractivity contribution in [3.63, 3.8) is 0 Å². The number of rotatable bonds is 4. The molecule has 0 aliphatic rings. The van der Waals surface area contributed by atoms with Crippen molar-refractivity contribution in [1.29, 1.82) is 0 Å². The van der Waals surface area contributed by atoms with Crippen molar-refractivity contribution in [3.8, 4) is 11.3 Å². The SMILES string of the molecule is CCOC(=O)c1sc(N)nc1-c1ccc(CC)cc1. The second kappa shape index (κ2) is 5.84. The lowest BCUT2D eigenvalue weighted by atomic mass is 10.1. The molecule has 0 amide bonds. The fourth-order valence-electron chi connectivity index (χ4n) is 1.77. The highest BCUT2D eigenvalue weighted by Gasteiger charge is 2.19. The van der Waals surface area contributed by atoms with Crippen LogP contribution >= 0.6 is 11.3 Å². The van der Waals surface area contributed by atoms with Gasteiger partial charge in [0.1, 0.15) is 4.88 Å². The lowest BCUT2D eigenvalue weighted by molar-refractivity contribution is 0.0532. The summed E-state index contributed by atoms with van der Waals surface area (Å²) in [6.07, 6.45) is 0.976. The van der Waals surface area contributed by atoms with Gasteiger partial charge in [-0.05, 0) is 18.9 Å². The fraction of sp³-hybridized carbons (Fsp3) is 0.286. The van der Waals surface area contributed by atoms with Crippen molar-refractivity contribution in [1.82, 2.24) is 4.98 Å². The molecule has 0 spiro atoms. The third-order valence-corrected chi connectivity index (χ3v) is 3.60. The van der Waals surface area contributed by atoms with Crippen LogP contribution in [0.15, 0.2) is 24.3 Å². The molecule has 2 rings (SSSR count). The predicted molar refractivity (Wildman–Crippen MR) is 77.3 cm³/mol. The van der Waals surface area contributed by atoms with Crippen LogP contribution in [0.2, 0.25) is 0 Å². The number of ether oxygens (including phenoxy) is 1. The summed E-state index contributed by atoms with van der Waals surface area (Å²) in [6, 6.07) is 7.96. The Balaban J connectivity index is 2.40. The lowest BCUT2D eigenvalue weighted by Gasteiger charge is -2.03. The average Bonchev–Trinajstić information content (AvgIpc) is 2.81. The Morgan fingerprint density at radius 1 is 1.32 bits per heavy atom. The van der Waals surface area contributed by atoms with Crippen molar-refractivity contribution in [2.75, 3.05) is 12.3 Å². The maximum Gasteiger partial charge on any atom is 0.350 e. The minimum Gasteiger partial charge on any atom is -0.462 e. The van der Waals surface area contributed by atoms with Crippen molar-refractivity contribution >= 4 is 22.4 Å². The van der Waals surface area contributed by atoms with E-state index in [1.165, 1.54) is 5.56 Å². The van der Waals surface area contributed by atoms with E-state index < -0.39 is 0 Å². The first kappa shape index (κ1) is 13.5. The molecule has 2 N–H and O–H groups in total. The molecule has 4 nitrogen and oxygen atoms in total. The third-order valence-electron chi connectivity index (χ3n) is 2.74. The zero-order valence-corrected chi connectivity index (χ0v) is 11.8. The van der Waals surface area contributed by atoms with E-state index in [0.717, 1.165) is 23.3 Å². The molecule has 0 aliphatic carbocycles. The molecule has 0 radical (unpaired) electrons. The Kier molecular flexibility index (Phi) is 4.16. The zero-order valence-electron chi connectivity index (χ0n) is 11.0. The number of esters is 1. The standard InChI is InChI=1S/C14H16N2O2S/c1-3-9-5-7-10(8-6-9)11-12(13(17)18-4-2)19-14(15)16-11/h5-8H,3-4H2,1-2H3,(H2,15,16). The first-order valence-electron chi connectivity index (χ1n) is 6.18. The number of aromatic nitrogens is 1. The minimum atomic E-state index is -0.369. The highest BCUT2D eigenvalue weighted by atomic mass is 32.1. The van der Waals surface area contributed by atoms with Crippen LogP contribution in [0.5, 0.6) is 0 Å². The zero-order chi connectivity index (χ0) is 13.8. The van der Waals surface area contributed by atoms with Gasteiger partial charge in [-0.1, -0.05) is 42.5 Å². The van der Waals surface area contributed by atoms with Crippen LogP contribution in [0.3, 0.4) is 0 Å². The van der Waals surface area contributed by atoms with E-state index in [0.29, 0.717) is 22.3 Å². The molecule has 100 valence electrons. The molecule has 1 heterocycles. The van der Waals surface area contributed by atoms with Crippen LogP contribution in [-0.2, 0) is 11.2 Å². The molecule has 0 saturated carbocycles. The number of nitrogens with zero attached hydrogens (tertiary/aromatic N) is 1. The summed E-state index contributed by atoms with van der Waals surface area (Å²) >= 11 is 1.16. The number of thiazole rings is 1. The Labute approximate surface area is 116 Å². The predicted octanol–water partition coefficient (Wildman–Crippen LogP) is 3.13. The van der Waals surface area contributed by atoms with Crippen LogP contribution in [0.4, 0.5) is 5.13 Å². The van der Waals surface area contributed by atoms with Crippen molar-refractivity contribution in [2.24, 2.45) is 0 Å². The quantitative estimate of drug-likeness (QED) is 0.871. The van der Waals surface area contributed by atoms with E-state index in [4.69, 9.17) is 10.5 Å². The molecule has 5 heteroatoms. The van der Waals surface area contributed by atoms with Gasteiger partial charge in [0.15, 0.2) is 5.13 Å². The maximum absolute atomic E-state index is 11.9. The Morgan fingerprint density at radius 3 is 2.58 bits per heavy atom. The first-order chi connectivity index (χ1) is 9.15. The third kappa shape index (κ3) is 2.93. The molecule has 1 aromatic carbocycles. The normalized spacial score (nSPS) is 10.4. The number of hydrogen-bond acceptors (Lipinski definition) is 5. The Bertz CT molecular complexity index is 576. The van der Waals surface area contributed by atoms with Gasteiger partial charge < -0.3 is 10.5 Å². The number of benzene rings is 1. The molecule has 0 saturated heterocycles. The molecule has 0 bridgehead atoms. The summed E-state index contributed by atoms with van der Waals surface area (Å²) in [5.41, 5.74) is 8.43. The lowest BCUT2D eigenvalue weighted by Crippen LogP contribution is -2.03. The van der Waals surface area contributed by atoms with E-state index >= 15 is 0 Å². The highest BCUT2D eigenvalue weighted by molar-refractivity contribution is 7.17. The second-order valence-electron chi connectivity index (χ2n) is 4.00. The maximum atomic E-state index is 11.9. The smallest absolute Gasteiger partial charge is 0.350 e. The van der Waals surface area contributed by atoms with E-state index in [1.54, 1.807) is 6.92 Å². The number of anilines is 1. The number of nitrogen functional groups attached to an aromatic ring is 1. The van der Waals surface area contributed by atoms with Gasteiger partial charge >= 0.3 is 5.97 Å². The first-order valence-corrected chi connectivity index (χ1v) is 7.00. The van der Waals surface area contributed by atoms with Gasteiger partial charge in [0.05, 0.1) is 12.3 Å². The van der Waals surface area contributed by atoms with Gasteiger partial charge in [-0.15, -0.1) is 0 Å². The Morgan fingerprint density at radius 2 is 2.00 bits per heavy atom. The van der Waals surface area contributed by atoms with Crippen LogP contribution < -0.4 is 5.73 Å². The van der Waals surface area contributed by atoms with Gasteiger partial charge in [-0.3, -0.25) is 0 Å². The van der Waals surface area contributed by atoms with Crippen LogP contribution in [0.25, 0.3) is 11.3 Å².